The van der Waals surface area contributed by atoms with Crippen LogP contribution in [0, 0.1) is 16.0 Å². The van der Waals surface area contributed by atoms with Crippen molar-refractivity contribution in [1.82, 2.24) is 0 Å². The maximum atomic E-state index is 10.7. The number of fused-ring (bicyclic) bond motifs is 1. The first-order chi connectivity index (χ1) is 7.24. The highest BCUT2D eigenvalue weighted by molar-refractivity contribution is 5.59. The summed E-state index contributed by atoms with van der Waals surface area (Å²) < 4.78 is 0. The fraction of sp³-hybridized carbons (Fsp3) is 0.455. The van der Waals surface area contributed by atoms with Gasteiger partial charge in [-0.1, -0.05) is 0 Å². The van der Waals surface area contributed by atoms with Crippen molar-refractivity contribution < 1.29 is 4.92 Å². The molecule has 0 amide bonds. The molecule has 1 fully saturated rings. The van der Waals surface area contributed by atoms with Gasteiger partial charge in [0.1, 0.15) is 0 Å². The Kier molecular flexibility index (Phi) is 1.71. The third-order valence-electron chi connectivity index (χ3n) is 3.50. The van der Waals surface area contributed by atoms with Crippen molar-refractivity contribution in [3.05, 3.63) is 33.9 Å². The molecule has 0 atom stereocenters. The van der Waals surface area contributed by atoms with E-state index in [2.05, 4.69) is 5.32 Å². The van der Waals surface area contributed by atoms with Gasteiger partial charge in [0, 0.05) is 24.4 Å². The zero-order valence-corrected chi connectivity index (χ0v) is 8.27. The molecule has 1 saturated carbocycles. The maximum Gasteiger partial charge on any atom is 0.269 e. The second kappa shape index (κ2) is 2.95. The molecule has 1 aromatic carbocycles. The van der Waals surface area contributed by atoms with Crippen LogP contribution in [0.1, 0.15) is 24.3 Å². The number of benzene rings is 1. The van der Waals surface area contributed by atoms with Crippen LogP contribution in [0.25, 0.3) is 0 Å². The molecule has 0 unspecified atom stereocenters. The third kappa shape index (κ3) is 1.28. The highest BCUT2D eigenvalue weighted by Gasteiger charge is 2.35. The summed E-state index contributed by atoms with van der Waals surface area (Å²) in [6.07, 6.45) is 2.36. The molecule has 15 heavy (non-hydrogen) atoms. The molecule has 4 rings (SSSR count). The van der Waals surface area contributed by atoms with Crippen LogP contribution >= 0.6 is 0 Å². The lowest BCUT2D eigenvalue weighted by molar-refractivity contribution is -0.384. The molecule has 1 aliphatic carbocycles. The number of non-ortho nitro benzene ring substituents is 1. The lowest BCUT2D eigenvalue weighted by Gasteiger charge is -2.32. The van der Waals surface area contributed by atoms with E-state index in [0.29, 0.717) is 5.92 Å². The smallest absolute Gasteiger partial charge is 0.269 e. The van der Waals surface area contributed by atoms with E-state index in [1.54, 1.807) is 12.1 Å². The van der Waals surface area contributed by atoms with Crippen LogP contribution in [0.2, 0.25) is 0 Å². The number of rotatable bonds is 1. The summed E-state index contributed by atoms with van der Waals surface area (Å²) in [5, 5.41) is 14.0. The van der Waals surface area contributed by atoms with E-state index in [-0.39, 0.29) is 10.6 Å². The van der Waals surface area contributed by atoms with Crippen LogP contribution in [0.3, 0.4) is 0 Å². The van der Waals surface area contributed by atoms with Crippen molar-refractivity contribution in [2.75, 3.05) is 11.9 Å². The number of nitro benzene ring substituents is 1. The minimum atomic E-state index is -0.318. The van der Waals surface area contributed by atoms with Crippen molar-refractivity contribution in [3.63, 3.8) is 0 Å². The van der Waals surface area contributed by atoms with Gasteiger partial charge >= 0.3 is 0 Å². The Balaban J connectivity index is 2.06. The van der Waals surface area contributed by atoms with E-state index in [9.17, 15) is 10.1 Å². The summed E-state index contributed by atoms with van der Waals surface area (Å²) in [6, 6.07) is 5.15. The lowest BCUT2D eigenvalue weighted by Crippen LogP contribution is -2.23. The van der Waals surface area contributed by atoms with Gasteiger partial charge in [0.25, 0.3) is 5.69 Å². The molecule has 4 nitrogen and oxygen atoms in total. The number of nitrogens with one attached hydrogen (secondary N) is 1. The fourth-order valence-electron chi connectivity index (χ4n) is 2.57. The summed E-state index contributed by atoms with van der Waals surface area (Å²) in [5.74, 6) is 1.31. The van der Waals surface area contributed by atoms with Crippen molar-refractivity contribution in [2.45, 2.75) is 18.8 Å². The van der Waals surface area contributed by atoms with Gasteiger partial charge in [-0.15, -0.1) is 0 Å². The highest BCUT2D eigenvalue weighted by Crippen LogP contribution is 2.47. The number of hydrogen-bond acceptors (Lipinski definition) is 3. The van der Waals surface area contributed by atoms with Crippen LogP contribution in [0.4, 0.5) is 11.4 Å². The molecule has 1 aromatic rings. The van der Waals surface area contributed by atoms with Crippen LogP contribution < -0.4 is 5.32 Å². The average molecular weight is 204 g/mol. The highest BCUT2D eigenvalue weighted by atomic mass is 16.6. The van der Waals surface area contributed by atoms with Gasteiger partial charge in [0.05, 0.1) is 4.92 Å². The number of hydrogen-bond donors (Lipinski definition) is 1. The first-order valence-electron chi connectivity index (χ1n) is 5.26. The number of nitrogens with zero attached hydrogens (tertiary/aromatic N) is 1. The largest absolute Gasteiger partial charge is 0.385 e. The standard InChI is InChI=1S/C11H12N2O2/c14-13(15)9-1-2-11-10(5-9)8-3-7(4-8)6-12-11/h1-2,5,7-8,12H,3-4,6H2. The average Bonchev–Trinajstić information content (AvgIpc) is 2.43. The molecule has 0 saturated heterocycles. The van der Waals surface area contributed by atoms with Crippen LogP contribution in [-0.4, -0.2) is 11.5 Å². The molecular weight excluding hydrogens is 192 g/mol. The van der Waals surface area contributed by atoms with Crippen molar-refractivity contribution >= 4 is 11.4 Å². The van der Waals surface area contributed by atoms with Crippen molar-refractivity contribution in [3.8, 4) is 0 Å². The Morgan fingerprint density at radius 3 is 2.93 bits per heavy atom. The van der Waals surface area contributed by atoms with E-state index in [1.807, 2.05) is 6.07 Å². The number of anilines is 1. The van der Waals surface area contributed by atoms with E-state index in [4.69, 9.17) is 0 Å². The van der Waals surface area contributed by atoms with Gasteiger partial charge in [0.2, 0.25) is 0 Å². The van der Waals surface area contributed by atoms with Crippen LogP contribution in [0.5, 0.6) is 0 Å². The maximum absolute atomic E-state index is 10.7. The first kappa shape index (κ1) is 8.71. The second-order valence-corrected chi connectivity index (χ2v) is 4.44. The van der Waals surface area contributed by atoms with E-state index in [0.717, 1.165) is 23.7 Å². The third-order valence-corrected chi connectivity index (χ3v) is 3.50. The second-order valence-electron chi connectivity index (χ2n) is 4.44. The van der Waals surface area contributed by atoms with Crippen molar-refractivity contribution in [2.24, 2.45) is 5.92 Å². The zero-order chi connectivity index (χ0) is 10.4. The first-order valence-corrected chi connectivity index (χ1v) is 5.26. The molecule has 3 aliphatic rings. The molecule has 1 N–H and O–H groups in total. The summed E-state index contributed by atoms with van der Waals surface area (Å²) in [4.78, 5) is 10.4. The number of nitro groups is 1. The van der Waals surface area contributed by atoms with E-state index < -0.39 is 0 Å². The summed E-state index contributed by atoms with van der Waals surface area (Å²) in [5.41, 5.74) is 2.43. The monoisotopic (exact) mass is 204 g/mol. The minimum Gasteiger partial charge on any atom is -0.385 e. The van der Waals surface area contributed by atoms with Gasteiger partial charge in [-0.2, -0.15) is 0 Å². The molecule has 0 radical (unpaired) electrons. The molecule has 2 heterocycles. The molecule has 2 aliphatic heterocycles. The van der Waals surface area contributed by atoms with Crippen LogP contribution in [-0.2, 0) is 0 Å². The molecule has 2 bridgehead atoms. The molecule has 78 valence electrons. The van der Waals surface area contributed by atoms with Crippen molar-refractivity contribution in [1.29, 1.82) is 0 Å². The molecular formula is C11H12N2O2. The predicted molar refractivity (Wildman–Crippen MR) is 57.1 cm³/mol. The summed E-state index contributed by atoms with van der Waals surface area (Å²) in [7, 11) is 0. The summed E-state index contributed by atoms with van der Waals surface area (Å²) in [6.45, 7) is 1.02. The SMILES string of the molecule is O=[N+]([O-])c1ccc2c(c1)C1CC(CN2)C1. The minimum absolute atomic E-state index is 0.209. The Hall–Kier alpha value is -1.58. The van der Waals surface area contributed by atoms with Gasteiger partial charge in [-0.05, 0) is 36.3 Å². The molecule has 0 aromatic heterocycles. The van der Waals surface area contributed by atoms with Gasteiger partial charge < -0.3 is 5.32 Å². The summed E-state index contributed by atoms with van der Waals surface area (Å²) >= 11 is 0. The Labute approximate surface area is 87.4 Å². The van der Waals surface area contributed by atoms with Gasteiger partial charge in [-0.3, -0.25) is 10.1 Å². The molecule has 4 heteroatoms. The topological polar surface area (TPSA) is 55.2 Å². The normalized spacial score (nSPS) is 26.9. The van der Waals surface area contributed by atoms with Gasteiger partial charge in [-0.25, -0.2) is 0 Å². The Morgan fingerprint density at radius 1 is 1.40 bits per heavy atom. The Morgan fingerprint density at radius 2 is 2.20 bits per heavy atom. The van der Waals surface area contributed by atoms with Gasteiger partial charge in [0.15, 0.2) is 0 Å². The molecule has 0 spiro atoms. The Bertz CT molecular complexity index is 425. The van der Waals surface area contributed by atoms with E-state index in [1.165, 1.54) is 12.8 Å². The zero-order valence-electron chi connectivity index (χ0n) is 8.27. The van der Waals surface area contributed by atoms with E-state index >= 15 is 0 Å². The lowest BCUT2D eigenvalue weighted by atomic mass is 9.72. The predicted octanol–water partition coefficient (Wildman–Crippen LogP) is 2.51. The quantitative estimate of drug-likeness (QED) is 0.564. The van der Waals surface area contributed by atoms with Crippen LogP contribution in [0.15, 0.2) is 18.2 Å². The fourth-order valence-corrected chi connectivity index (χ4v) is 2.57.